The van der Waals surface area contributed by atoms with E-state index in [9.17, 15) is 4.39 Å². The van der Waals surface area contributed by atoms with E-state index < -0.39 is 0 Å². The highest BCUT2D eigenvalue weighted by atomic mass is 19.1. The van der Waals surface area contributed by atoms with Gasteiger partial charge in [0.25, 0.3) is 0 Å². The molecule has 0 fully saturated rings. The number of halogens is 1. The lowest BCUT2D eigenvalue weighted by Gasteiger charge is -2.23. The summed E-state index contributed by atoms with van der Waals surface area (Å²) < 4.78 is 18.6. The van der Waals surface area contributed by atoms with Crippen molar-refractivity contribution in [3.05, 3.63) is 54.3 Å². The van der Waals surface area contributed by atoms with Gasteiger partial charge in [-0.1, -0.05) is 12.1 Å². The standard InChI is InChI=1S/C16H19FN2O/c1-2-19(14-9-7-13(17)8-10-14)11-12-20-16-6-4-3-5-15(16)18/h3-10H,2,11-12,18H2,1H3. The van der Waals surface area contributed by atoms with Crippen LogP contribution in [0.25, 0.3) is 0 Å². The molecule has 0 saturated carbocycles. The van der Waals surface area contributed by atoms with Gasteiger partial charge in [0.2, 0.25) is 0 Å². The zero-order chi connectivity index (χ0) is 14.4. The predicted octanol–water partition coefficient (Wildman–Crippen LogP) is 3.31. The Labute approximate surface area is 118 Å². The lowest BCUT2D eigenvalue weighted by Crippen LogP contribution is -2.28. The van der Waals surface area contributed by atoms with Crippen LogP contribution in [-0.4, -0.2) is 19.7 Å². The van der Waals surface area contributed by atoms with Gasteiger partial charge in [0.1, 0.15) is 18.2 Å². The molecule has 3 nitrogen and oxygen atoms in total. The van der Waals surface area contributed by atoms with E-state index in [0.29, 0.717) is 18.0 Å². The van der Waals surface area contributed by atoms with Gasteiger partial charge in [-0.05, 0) is 43.3 Å². The number of nitrogens with zero attached hydrogens (tertiary/aromatic N) is 1. The SMILES string of the molecule is CCN(CCOc1ccccc1N)c1ccc(F)cc1. The molecule has 0 radical (unpaired) electrons. The summed E-state index contributed by atoms with van der Waals surface area (Å²) >= 11 is 0. The number of anilines is 2. The van der Waals surface area contributed by atoms with Crippen molar-refractivity contribution in [3.8, 4) is 5.75 Å². The van der Waals surface area contributed by atoms with Crippen molar-refractivity contribution < 1.29 is 9.13 Å². The summed E-state index contributed by atoms with van der Waals surface area (Å²) in [6, 6.07) is 13.9. The first kappa shape index (κ1) is 14.2. The molecule has 0 bridgehead atoms. The average molecular weight is 274 g/mol. The first-order valence-electron chi connectivity index (χ1n) is 6.68. The van der Waals surface area contributed by atoms with E-state index >= 15 is 0 Å². The number of hydrogen-bond acceptors (Lipinski definition) is 3. The molecule has 0 saturated heterocycles. The van der Waals surface area contributed by atoms with E-state index in [1.807, 2.05) is 24.3 Å². The number of likely N-dealkylation sites (N-methyl/N-ethyl adjacent to an activating group) is 1. The quantitative estimate of drug-likeness (QED) is 0.821. The summed E-state index contributed by atoms with van der Waals surface area (Å²) in [6.45, 7) is 4.13. The van der Waals surface area contributed by atoms with E-state index in [-0.39, 0.29) is 5.82 Å². The molecule has 0 aliphatic heterocycles. The Hall–Kier alpha value is -2.23. The number of rotatable bonds is 6. The minimum Gasteiger partial charge on any atom is -0.490 e. The summed E-state index contributed by atoms with van der Waals surface area (Å²) in [5.41, 5.74) is 7.44. The third-order valence-electron chi connectivity index (χ3n) is 3.11. The Morgan fingerprint density at radius 3 is 2.45 bits per heavy atom. The summed E-state index contributed by atoms with van der Waals surface area (Å²) in [6.07, 6.45) is 0. The van der Waals surface area contributed by atoms with Crippen LogP contribution < -0.4 is 15.4 Å². The molecule has 2 N–H and O–H groups in total. The van der Waals surface area contributed by atoms with Gasteiger partial charge < -0.3 is 15.4 Å². The van der Waals surface area contributed by atoms with Crippen LogP contribution in [0.15, 0.2) is 48.5 Å². The molecule has 0 amide bonds. The molecular formula is C16H19FN2O. The molecule has 0 unspecified atom stereocenters. The van der Waals surface area contributed by atoms with Crippen molar-refractivity contribution >= 4 is 11.4 Å². The molecule has 2 aromatic rings. The van der Waals surface area contributed by atoms with E-state index in [1.165, 1.54) is 12.1 Å². The molecule has 0 atom stereocenters. The van der Waals surface area contributed by atoms with Crippen molar-refractivity contribution in [2.24, 2.45) is 0 Å². The van der Waals surface area contributed by atoms with Crippen LogP contribution in [0, 0.1) is 5.82 Å². The van der Waals surface area contributed by atoms with Crippen molar-refractivity contribution in [1.82, 2.24) is 0 Å². The molecule has 0 aromatic heterocycles. The zero-order valence-corrected chi connectivity index (χ0v) is 11.6. The normalized spacial score (nSPS) is 10.3. The van der Waals surface area contributed by atoms with Gasteiger partial charge >= 0.3 is 0 Å². The van der Waals surface area contributed by atoms with Crippen molar-refractivity contribution in [3.63, 3.8) is 0 Å². The third kappa shape index (κ3) is 3.63. The van der Waals surface area contributed by atoms with Crippen LogP contribution in [0.3, 0.4) is 0 Å². The fraction of sp³-hybridized carbons (Fsp3) is 0.250. The monoisotopic (exact) mass is 274 g/mol. The maximum Gasteiger partial charge on any atom is 0.142 e. The highest BCUT2D eigenvalue weighted by Gasteiger charge is 2.05. The zero-order valence-electron chi connectivity index (χ0n) is 11.6. The number of nitrogen functional groups attached to an aromatic ring is 1. The van der Waals surface area contributed by atoms with Crippen molar-refractivity contribution in [2.75, 3.05) is 30.3 Å². The molecule has 20 heavy (non-hydrogen) atoms. The number of para-hydroxylation sites is 2. The maximum absolute atomic E-state index is 12.9. The molecule has 0 aliphatic carbocycles. The van der Waals surface area contributed by atoms with E-state index in [4.69, 9.17) is 10.5 Å². The van der Waals surface area contributed by atoms with Crippen LogP contribution in [-0.2, 0) is 0 Å². The molecule has 106 valence electrons. The molecular weight excluding hydrogens is 255 g/mol. The minimum absolute atomic E-state index is 0.224. The van der Waals surface area contributed by atoms with Crippen LogP contribution >= 0.6 is 0 Å². The van der Waals surface area contributed by atoms with E-state index in [1.54, 1.807) is 12.1 Å². The van der Waals surface area contributed by atoms with Gasteiger partial charge in [0.15, 0.2) is 0 Å². The van der Waals surface area contributed by atoms with Gasteiger partial charge in [-0.25, -0.2) is 4.39 Å². The van der Waals surface area contributed by atoms with Crippen LogP contribution in [0.1, 0.15) is 6.92 Å². The molecule has 2 rings (SSSR count). The summed E-state index contributed by atoms with van der Waals surface area (Å²) in [5, 5.41) is 0. The minimum atomic E-state index is -0.224. The summed E-state index contributed by atoms with van der Waals surface area (Å²) in [7, 11) is 0. The Morgan fingerprint density at radius 1 is 1.10 bits per heavy atom. The lowest BCUT2D eigenvalue weighted by molar-refractivity contribution is 0.326. The van der Waals surface area contributed by atoms with Crippen LogP contribution in [0.5, 0.6) is 5.75 Å². The Balaban J connectivity index is 1.91. The fourth-order valence-corrected chi connectivity index (χ4v) is 2.00. The molecule has 4 heteroatoms. The second-order valence-electron chi connectivity index (χ2n) is 4.44. The highest BCUT2D eigenvalue weighted by molar-refractivity contribution is 5.52. The molecule has 0 heterocycles. The van der Waals surface area contributed by atoms with Gasteiger partial charge in [-0.2, -0.15) is 0 Å². The Kier molecular flexibility index (Phi) is 4.82. The Bertz CT molecular complexity index is 542. The number of hydrogen-bond donors (Lipinski definition) is 1. The second kappa shape index (κ2) is 6.80. The fourth-order valence-electron chi connectivity index (χ4n) is 2.00. The van der Waals surface area contributed by atoms with Gasteiger partial charge in [-0.3, -0.25) is 0 Å². The van der Waals surface area contributed by atoms with Crippen LogP contribution in [0.4, 0.5) is 15.8 Å². The van der Waals surface area contributed by atoms with Gasteiger partial charge in [0.05, 0.1) is 12.2 Å². The number of nitrogens with two attached hydrogens (primary N) is 1. The topological polar surface area (TPSA) is 38.5 Å². The highest BCUT2D eigenvalue weighted by Crippen LogP contribution is 2.20. The lowest BCUT2D eigenvalue weighted by atomic mass is 10.3. The average Bonchev–Trinajstić information content (AvgIpc) is 2.47. The van der Waals surface area contributed by atoms with Gasteiger partial charge in [0, 0.05) is 12.2 Å². The van der Waals surface area contributed by atoms with Crippen LogP contribution in [0.2, 0.25) is 0 Å². The largest absolute Gasteiger partial charge is 0.490 e. The third-order valence-corrected chi connectivity index (χ3v) is 3.11. The van der Waals surface area contributed by atoms with Crippen molar-refractivity contribution in [2.45, 2.75) is 6.92 Å². The number of benzene rings is 2. The maximum atomic E-state index is 12.9. The van der Waals surface area contributed by atoms with E-state index in [0.717, 1.165) is 18.8 Å². The predicted molar refractivity (Wildman–Crippen MR) is 80.6 cm³/mol. The first-order valence-corrected chi connectivity index (χ1v) is 6.68. The molecule has 0 aliphatic rings. The summed E-state index contributed by atoms with van der Waals surface area (Å²) in [5.74, 6) is 0.473. The number of ether oxygens (including phenoxy) is 1. The second-order valence-corrected chi connectivity index (χ2v) is 4.44. The van der Waals surface area contributed by atoms with Crippen molar-refractivity contribution in [1.29, 1.82) is 0 Å². The smallest absolute Gasteiger partial charge is 0.142 e. The first-order chi connectivity index (χ1) is 9.70. The Morgan fingerprint density at radius 2 is 1.80 bits per heavy atom. The van der Waals surface area contributed by atoms with Gasteiger partial charge in [-0.15, -0.1) is 0 Å². The summed E-state index contributed by atoms with van der Waals surface area (Å²) in [4.78, 5) is 2.12. The molecule has 0 spiro atoms. The molecule has 2 aromatic carbocycles. The van der Waals surface area contributed by atoms with E-state index in [2.05, 4.69) is 11.8 Å².